The van der Waals surface area contributed by atoms with Gasteiger partial charge in [-0.1, -0.05) is 17.7 Å². The minimum absolute atomic E-state index is 0.106. The highest BCUT2D eigenvalue weighted by molar-refractivity contribution is 6.30. The van der Waals surface area contributed by atoms with Gasteiger partial charge >= 0.3 is 0 Å². The molecule has 1 aromatic rings. The number of hydrogen-bond acceptors (Lipinski definition) is 3. The molecule has 1 aromatic carbocycles. The number of rotatable bonds is 5. The third-order valence-electron chi connectivity index (χ3n) is 1.72. The molecular weight excluding hydrogens is 214 g/mol. The van der Waals surface area contributed by atoms with E-state index in [0.29, 0.717) is 23.8 Å². The zero-order chi connectivity index (χ0) is 11.1. The number of benzene rings is 1. The monoisotopic (exact) mass is 227 g/mol. The molecule has 0 aliphatic carbocycles. The van der Waals surface area contributed by atoms with Gasteiger partial charge in [-0.15, -0.1) is 0 Å². The SMILES string of the molecule is NCCNCC(=O)Nc1cccc(Cl)c1. The molecule has 1 rings (SSSR count). The fourth-order valence-corrected chi connectivity index (χ4v) is 1.27. The molecule has 0 fully saturated rings. The second-order valence-electron chi connectivity index (χ2n) is 3.02. The van der Waals surface area contributed by atoms with Crippen molar-refractivity contribution in [2.45, 2.75) is 0 Å². The molecule has 0 spiro atoms. The van der Waals surface area contributed by atoms with E-state index < -0.39 is 0 Å². The van der Waals surface area contributed by atoms with Gasteiger partial charge in [-0.25, -0.2) is 0 Å². The molecule has 0 aromatic heterocycles. The normalized spacial score (nSPS) is 10.0. The Morgan fingerprint density at radius 1 is 1.47 bits per heavy atom. The second-order valence-corrected chi connectivity index (χ2v) is 3.46. The van der Waals surface area contributed by atoms with Crippen LogP contribution in [0, 0.1) is 0 Å². The lowest BCUT2D eigenvalue weighted by molar-refractivity contribution is -0.115. The summed E-state index contributed by atoms with van der Waals surface area (Å²) in [5, 5.41) is 6.21. The molecule has 0 heterocycles. The van der Waals surface area contributed by atoms with Crippen LogP contribution in [0.3, 0.4) is 0 Å². The van der Waals surface area contributed by atoms with Crippen LogP contribution in [-0.4, -0.2) is 25.5 Å². The van der Waals surface area contributed by atoms with Crippen molar-refractivity contribution in [1.29, 1.82) is 0 Å². The first kappa shape index (κ1) is 12.0. The van der Waals surface area contributed by atoms with E-state index in [1.807, 2.05) is 0 Å². The topological polar surface area (TPSA) is 67.1 Å². The predicted octanol–water partition coefficient (Wildman–Crippen LogP) is 0.827. The Morgan fingerprint density at radius 3 is 2.93 bits per heavy atom. The van der Waals surface area contributed by atoms with Gasteiger partial charge in [0.05, 0.1) is 6.54 Å². The number of nitrogens with one attached hydrogen (secondary N) is 2. The molecular formula is C10H14ClN3O. The Balaban J connectivity index is 2.37. The standard InChI is InChI=1S/C10H14ClN3O/c11-8-2-1-3-9(6-8)14-10(15)7-13-5-4-12/h1-3,6,13H,4-5,7,12H2,(H,14,15). The summed E-state index contributed by atoms with van der Waals surface area (Å²) in [6.07, 6.45) is 0. The van der Waals surface area contributed by atoms with Crippen molar-refractivity contribution in [3.63, 3.8) is 0 Å². The third kappa shape index (κ3) is 4.78. The molecule has 4 nitrogen and oxygen atoms in total. The van der Waals surface area contributed by atoms with Crippen LogP contribution < -0.4 is 16.4 Å². The molecule has 0 saturated carbocycles. The highest BCUT2D eigenvalue weighted by atomic mass is 35.5. The molecule has 5 heteroatoms. The van der Waals surface area contributed by atoms with Crippen molar-refractivity contribution in [3.8, 4) is 0 Å². The van der Waals surface area contributed by atoms with Crippen molar-refractivity contribution in [1.82, 2.24) is 5.32 Å². The first-order valence-corrected chi connectivity index (χ1v) is 5.06. The Labute approximate surface area is 93.8 Å². The lowest BCUT2D eigenvalue weighted by Crippen LogP contribution is -2.31. The van der Waals surface area contributed by atoms with Gasteiger partial charge in [0.2, 0.25) is 5.91 Å². The van der Waals surface area contributed by atoms with E-state index >= 15 is 0 Å². The second kappa shape index (κ2) is 6.40. The van der Waals surface area contributed by atoms with Crippen LogP contribution in [0.25, 0.3) is 0 Å². The van der Waals surface area contributed by atoms with Crippen LogP contribution in [-0.2, 0) is 4.79 Å². The van der Waals surface area contributed by atoms with E-state index in [0.717, 1.165) is 0 Å². The van der Waals surface area contributed by atoms with Gasteiger partial charge in [0.1, 0.15) is 0 Å². The smallest absolute Gasteiger partial charge is 0.238 e. The molecule has 1 amide bonds. The first-order valence-electron chi connectivity index (χ1n) is 4.68. The number of anilines is 1. The van der Waals surface area contributed by atoms with Gasteiger partial charge in [0.15, 0.2) is 0 Å². The summed E-state index contributed by atoms with van der Waals surface area (Å²) >= 11 is 5.77. The number of carbonyl (C=O) groups excluding carboxylic acids is 1. The minimum Gasteiger partial charge on any atom is -0.329 e. The Morgan fingerprint density at radius 2 is 2.27 bits per heavy atom. The highest BCUT2D eigenvalue weighted by Crippen LogP contribution is 2.14. The van der Waals surface area contributed by atoms with E-state index in [-0.39, 0.29) is 12.5 Å². The maximum absolute atomic E-state index is 11.3. The number of halogens is 1. The number of amides is 1. The average molecular weight is 228 g/mol. The number of hydrogen-bond donors (Lipinski definition) is 3. The third-order valence-corrected chi connectivity index (χ3v) is 1.95. The average Bonchev–Trinajstić information content (AvgIpc) is 2.18. The van der Waals surface area contributed by atoms with Crippen LogP contribution in [0.1, 0.15) is 0 Å². The van der Waals surface area contributed by atoms with Gasteiger partial charge in [0, 0.05) is 23.8 Å². The molecule has 4 N–H and O–H groups in total. The maximum atomic E-state index is 11.3. The molecule has 0 saturated heterocycles. The zero-order valence-corrected chi connectivity index (χ0v) is 9.05. The van der Waals surface area contributed by atoms with Crippen molar-refractivity contribution in [2.75, 3.05) is 25.0 Å². The molecule has 15 heavy (non-hydrogen) atoms. The van der Waals surface area contributed by atoms with Crippen molar-refractivity contribution >= 4 is 23.2 Å². The van der Waals surface area contributed by atoms with E-state index in [4.69, 9.17) is 17.3 Å². The molecule has 0 bridgehead atoms. The molecule has 82 valence electrons. The van der Waals surface area contributed by atoms with E-state index in [2.05, 4.69) is 10.6 Å². The molecule has 0 aliphatic rings. The summed E-state index contributed by atoms with van der Waals surface area (Å²) in [7, 11) is 0. The number of carbonyl (C=O) groups is 1. The van der Waals surface area contributed by atoms with Crippen LogP contribution in [0.2, 0.25) is 5.02 Å². The van der Waals surface area contributed by atoms with Crippen molar-refractivity contribution in [2.24, 2.45) is 5.73 Å². The van der Waals surface area contributed by atoms with Gasteiger partial charge in [-0.3, -0.25) is 4.79 Å². The van der Waals surface area contributed by atoms with Crippen LogP contribution >= 0.6 is 11.6 Å². The van der Waals surface area contributed by atoms with Gasteiger partial charge in [-0.2, -0.15) is 0 Å². The van der Waals surface area contributed by atoms with Crippen molar-refractivity contribution < 1.29 is 4.79 Å². The summed E-state index contributed by atoms with van der Waals surface area (Å²) < 4.78 is 0. The molecule has 0 aliphatic heterocycles. The Hall–Kier alpha value is -1.10. The Kier molecular flexibility index (Phi) is 5.10. The highest BCUT2D eigenvalue weighted by Gasteiger charge is 2.01. The summed E-state index contributed by atoms with van der Waals surface area (Å²) in [6, 6.07) is 7.02. The molecule has 0 radical (unpaired) electrons. The Bertz CT molecular complexity index is 330. The van der Waals surface area contributed by atoms with Crippen molar-refractivity contribution in [3.05, 3.63) is 29.3 Å². The summed E-state index contributed by atoms with van der Waals surface area (Å²) in [5.74, 6) is -0.106. The largest absolute Gasteiger partial charge is 0.329 e. The quantitative estimate of drug-likeness (QED) is 0.653. The van der Waals surface area contributed by atoms with Crippen LogP contribution in [0.5, 0.6) is 0 Å². The lowest BCUT2D eigenvalue weighted by atomic mass is 10.3. The van der Waals surface area contributed by atoms with Gasteiger partial charge in [0.25, 0.3) is 0 Å². The zero-order valence-electron chi connectivity index (χ0n) is 8.29. The van der Waals surface area contributed by atoms with E-state index in [1.54, 1.807) is 24.3 Å². The van der Waals surface area contributed by atoms with Gasteiger partial charge in [-0.05, 0) is 18.2 Å². The van der Waals surface area contributed by atoms with E-state index in [9.17, 15) is 4.79 Å². The van der Waals surface area contributed by atoms with Crippen LogP contribution in [0.15, 0.2) is 24.3 Å². The summed E-state index contributed by atoms with van der Waals surface area (Å²) in [4.78, 5) is 11.3. The van der Waals surface area contributed by atoms with E-state index in [1.165, 1.54) is 0 Å². The summed E-state index contributed by atoms with van der Waals surface area (Å²) in [6.45, 7) is 1.40. The maximum Gasteiger partial charge on any atom is 0.238 e. The fourth-order valence-electron chi connectivity index (χ4n) is 1.08. The minimum atomic E-state index is -0.106. The van der Waals surface area contributed by atoms with Gasteiger partial charge < -0.3 is 16.4 Å². The fraction of sp³-hybridized carbons (Fsp3) is 0.300. The lowest BCUT2D eigenvalue weighted by Gasteiger charge is -2.05. The molecule has 0 unspecified atom stereocenters. The van der Waals surface area contributed by atoms with Crippen LogP contribution in [0.4, 0.5) is 5.69 Å². The number of nitrogens with two attached hydrogens (primary N) is 1. The predicted molar refractivity (Wildman–Crippen MR) is 62.0 cm³/mol. The first-order chi connectivity index (χ1) is 7.22. The molecule has 0 atom stereocenters. The summed E-state index contributed by atoms with van der Waals surface area (Å²) in [5.41, 5.74) is 5.97.